The number of carbonyl (C=O) groups excluding carboxylic acids is 1. The van der Waals surface area contributed by atoms with E-state index in [0.29, 0.717) is 26.1 Å². The third kappa shape index (κ3) is 11.5. The summed E-state index contributed by atoms with van der Waals surface area (Å²) in [5, 5.41) is 9.85. The molecule has 5 nitrogen and oxygen atoms in total. The van der Waals surface area contributed by atoms with Crippen LogP contribution >= 0.6 is 0 Å². The summed E-state index contributed by atoms with van der Waals surface area (Å²) >= 11 is 0. The maximum Gasteiger partial charge on any atom is 0.453 e. The molecule has 0 fully saturated rings. The number of amides is 1. The number of ether oxygens (including phenoxy) is 1. The highest BCUT2D eigenvalue weighted by Gasteiger charge is 2.56. The fourth-order valence-corrected chi connectivity index (χ4v) is 5.02. The minimum Gasteiger partial charge on any atom is -0.508 e. The van der Waals surface area contributed by atoms with Crippen molar-refractivity contribution in [3.8, 4) is 11.5 Å². The lowest BCUT2D eigenvalue weighted by molar-refractivity contribution is -0.284. The monoisotopic (exact) mass is 658 g/mol. The van der Waals surface area contributed by atoms with E-state index >= 15 is 0 Å². The van der Waals surface area contributed by atoms with E-state index in [2.05, 4.69) is 19.1 Å². The van der Waals surface area contributed by atoms with Crippen LogP contribution in [-0.4, -0.2) is 73.2 Å². The SMILES string of the molecule is CC/C(=C(\c1ccc(O)cc1)c1ccc(OCCN(C)C/C=C/C(=O)N(C)CCCCCC(F)(F)C(F)(F)F)cc1)c1ccccc1. The molecule has 10 heteroatoms. The van der Waals surface area contributed by atoms with Gasteiger partial charge in [-0.25, -0.2) is 0 Å². The van der Waals surface area contributed by atoms with Crippen LogP contribution in [-0.2, 0) is 4.79 Å². The van der Waals surface area contributed by atoms with E-state index in [4.69, 9.17) is 4.74 Å². The zero-order valence-electron chi connectivity index (χ0n) is 27.1. The summed E-state index contributed by atoms with van der Waals surface area (Å²) in [7, 11) is 3.46. The third-order valence-corrected chi connectivity index (χ3v) is 7.77. The lowest BCUT2D eigenvalue weighted by Gasteiger charge is -2.19. The van der Waals surface area contributed by atoms with Crippen molar-refractivity contribution < 1.29 is 36.6 Å². The van der Waals surface area contributed by atoms with Gasteiger partial charge in [0.25, 0.3) is 0 Å². The highest BCUT2D eigenvalue weighted by Crippen LogP contribution is 2.39. The number of phenolic OH excluding ortho intramolecular Hbond substituents is 1. The quantitative estimate of drug-likeness (QED) is 0.0682. The van der Waals surface area contributed by atoms with E-state index in [9.17, 15) is 31.9 Å². The van der Waals surface area contributed by atoms with Gasteiger partial charge in [-0.3, -0.25) is 9.69 Å². The molecule has 1 N–H and O–H groups in total. The third-order valence-electron chi connectivity index (χ3n) is 7.77. The highest BCUT2D eigenvalue weighted by atomic mass is 19.4. The number of allylic oxidation sites excluding steroid dienone is 1. The molecule has 254 valence electrons. The molecule has 0 aromatic heterocycles. The van der Waals surface area contributed by atoms with Crippen LogP contribution in [0.5, 0.6) is 11.5 Å². The van der Waals surface area contributed by atoms with Crippen LogP contribution in [0.25, 0.3) is 11.1 Å². The van der Waals surface area contributed by atoms with Gasteiger partial charge in [0.2, 0.25) is 5.91 Å². The average molecular weight is 659 g/mol. The summed E-state index contributed by atoms with van der Waals surface area (Å²) in [6.07, 6.45) is -2.59. The number of alkyl halides is 5. The van der Waals surface area contributed by atoms with Crippen molar-refractivity contribution in [2.24, 2.45) is 0 Å². The molecule has 3 rings (SSSR count). The summed E-state index contributed by atoms with van der Waals surface area (Å²) in [6, 6.07) is 25.4. The Hall–Kier alpha value is -4.18. The Bertz CT molecular complexity index is 1450. The summed E-state index contributed by atoms with van der Waals surface area (Å²) in [6.45, 7) is 3.92. The van der Waals surface area contributed by atoms with Crippen molar-refractivity contribution in [2.45, 2.75) is 51.1 Å². The Balaban J connectivity index is 1.47. The molecule has 0 unspecified atom stereocenters. The van der Waals surface area contributed by atoms with Gasteiger partial charge in [0.15, 0.2) is 0 Å². The molecular formula is C37H43F5N2O3. The van der Waals surface area contributed by atoms with Gasteiger partial charge in [0.05, 0.1) is 0 Å². The number of benzene rings is 3. The minimum atomic E-state index is -5.53. The van der Waals surface area contributed by atoms with Crippen molar-refractivity contribution in [3.63, 3.8) is 0 Å². The van der Waals surface area contributed by atoms with E-state index in [1.165, 1.54) is 16.5 Å². The van der Waals surface area contributed by atoms with E-state index in [1.807, 2.05) is 66.5 Å². The number of hydrogen-bond donors (Lipinski definition) is 1. The first-order valence-corrected chi connectivity index (χ1v) is 15.7. The number of rotatable bonds is 17. The van der Waals surface area contributed by atoms with Crippen molar-refractivity contribution >= 4 is 17.1 Å². The standard InChI is InChI=1S/C37H43F5N2O3/c1-4-33(28-12-7-5-8-13-28)35(29-15-19-31(45)20-16-29)30-17-21-32(22-18-30)47-27-26-43(2)24-11-14-34(46)44(3)25-10-6-9-23-36(38,39)37(40,41)42/h5,7-8,11-22,45H,4,6,9-10,23-27H2,1-3H3/b14-11+,35-33-. The molecular weight excluding hydrogens is 615 g/mol. The van der Waals surface area contributed by atoms with Crippen LogP contribution in [0.1, 0.15) is 55.7 Å². The van der Waals surface area contributed by atoms with Crippen molar-refractivity contribution in [2.75, 3.05) is 40.3 Å². The molecule has 0 saturated carbocycles. The second kappa shape index (κ2) is 17.7. The molecule has 0 spiro atoms. The fourth-order valence-electron chi connectivity index (χ4n) is 5.02. The van der Waals surface area contributed by atoms with E-state index in [1.54, 1.807) is 25.3 Å². The van der Waals surface area contributed by atoms with Gasteiger partial charge in [-0.05, 0) is 78.4 Å². The molecule has 0 saturated heterocycles. The maximum atomic E-state index is 13.0. The van der Waals surface area contributed by atoms with E-state index in [0.717, 1.165) is 34.4 Å². The minimum absolute atomic E-state index is 0.169. The van der Waals surface area contributed by atoms with Crippen LogP contribution < -0.4 is 4.74 Å². The normalized spacial score (nSPS) is 12.8. The first-order valence-electron chi connectivity index (χ1n) is 15.7. The number of phenols is 1. The lowest BCUT2D eigenvalue weighted by Crippen LogP contribution is -2.36. The highest BCUT2D eigenvalue weighted by molar-refractivity contribution is 5.98. The first kappa shape index (κ1) is 37.3. The van der Waals surface area contributed by atoms with Gasteiger partial charge in [0, 0.05) is 39.2 Å². The van der Waals surface area contributed by atoms with Crippen LogP contribution in [0, 0.1) is 0 Å². The van der Waals surface area contributed by atoms with Crippen molar-refractivity contribution in [1.82, 2.24) is 9.80 Å². The topological polar surface area (TPSA) is 53.0 Å². The fraction of sp³-hybridized carbons (Fsp3) is 0.378. The number of hydrogen-bond acceptors (Lipinski definition) is 4. The second-order valence-electron chi connectivity index (χ2n) is 11.4. The molecule has 0 aliphatic carbocycles. The summed E-state index contributed by atoms with van der Waals surface area (Å²) in [4.78, 5) is 15.7. The Morgan fingerprint density at radius 1 is 0.809 bits per heavy atom. The smallest absolute Gasteiger partial charge is 0.453 e. The van der Waals surface area contributed by atoms with Crippen LogP contribution in [0.3, 0.4) is 0 Å². The molecule has 0 aliphatic heterocycles. The summed E-state index contributed by atoms with van der Waals surface area (Å²) in [5.74, 6) is -4.02. The summed E-state index contributed by atoms with van der Waals surface area (Å²) < 4.78 is 68.7. The average Bonchev–Trinajstić information content (AvgIpc) is 3.04. The molecule has 3 aromatic rings. The van der Waals surface area contributed by atoms with E-state index in [-0.39, 0.29) is 31.0 Å². The molecule has 0 bridgehead atoms. The molecule has 1 amide bonds. The summed E-state index contributed by atoms with van der Waals surface area (Å²) in [5.41, 5.74) is 5.45. The van der Waals surface area contributed by atoms with E-state index < -0.39 is 18.5 Å². The van der Waals surface area contributed by atoms with Gasteiger partial charge in [-0.1, -0.05) is 74.0 Å². The molecule has 47 heavy (non-hydrogen) atoms. The Kier molecular flexibility index (Phi) is 14.0. The van der Waals surface area contributed by atoms with Gasteiger partial charge < -0.3 is 14.7 Å². The molecule has 0 aliphatic rings. The molecule has 0 radical (unpaired) electrons. The number of likely N-dealkylation sites (N-methyl/N-ethyl adjacent to an activating group) is 2. The Labute approximate surface area is 274 Å². The van der Waals surface area contributed by atoms with Crippen molar-refractivity contribution in [1.29, 1.82) is 0 Å². The van der Waals surface area contributed by atoms with Crippen molar-refractivity contribution in [3.05, 3.63) is 108 Å². The van der Waals surface area contributed by atoms with Gasteiger partial charge >= 0.3 is 12.1 Å². The van der Waals surface area contributed by atoms with Crippen LogP contribution in [0.4, 0.5) is 22.0 Å². The molecule has 3 aromatic carbocycles. The lowest BCUT2D eigenvalue weighted by atomic mass is 9.88. The van der Waals surface area contributed by atoms with Gasteiger partial charge in [-0.15, -0.1) is 0 Å². The first-order chi connectivity index (χ1) is 22.3. The molecule has 0 heterocycles. The Morgan fingerprint density at radius 2 is 1.43 bits per heavy atom. The zero-order valence-corrected chi connectivity index (χ0v) is 27.1. The number of unbranched alkanes of at least 4 members (excludes halogenated alkanes) is 2. The number of halogens is 5. The Morgan fingerprint density at radius 3 is 2.02 bits per heavy atom. The van der Waals surface area contributed by atoms with Gasteiger partial charge in [-0.2, -0.15) is 22.0 Å². The van der Waals surface area contributed by atoms with Crippen LogP contribution in [0.2, 0.25) is 0 Å². The van der Waals surface area contributed by atoms with Gasteiger partial charge in [0.1, 0.15) is 18.1 Å². The predicted octanol–water partition coefficient (Wildman–Crippen LogP) is 8.84. The second-order valence-corrected chi connectivity index (χ2v) is 11.4. The predicted molar refractivity (Wildman–Crippen MR) is 176 cm³/mol. The molecule has 0 atom stereocenters. The largest absolute Gasteiger partial charge is 0.508 e. The number of aromatic hydroxyl groups is 1. The number of carbonyl (C=O) groups is 1. The number of nitrogens with zero attached hydrogens (tertiary/aromatic N) is 2. The van der Waals surface area contributed by atoms with Crippen LogP contribution in [0.15, 0.2) is 91.0 Å². The maximum absolute atomic E-state index is 13.0. The zero-order chi connectivity index (χ0) is 34.5.